The predicted octanol–water partition coefficient (Wildman–Crippen LogP) is 6.34. The lowest BCUT2D eigenvalue weighted by atomic mass is 9.85. The summed E-state index contributed by atoms with van der Waals surface area (Å²) in [5, 5.41) is 0. The molecule has 1 heterocycles. The zero-order valence-electron chi connectivity index (χ0n) is 18.0. The van der Waals surface area contributed by atoms with Gasteiger partial charge in [0.15, 0.2) is 14.9 Å². The molecule has 3 nitrogen and oxygen atoms in total. The van der Waals surface area contributed by atoms with Crippen LogP contribution in [-0.2, 0) is 4.43 Å². The largest absolute Gasteiger partial charge is 0.413 e. The van der Waals surface area contributed by atoms with Crippen LogP contribution < -0.4 is 0 Å². The number of pyridine rings is 1. The zero-order valence-corrected chi connectivity index (χ0v) is 19.1. The van der Waals surface area contributed by atoms with Crippen molar-refractivity contribution in [3.63, 3.8) is 0 Å². The van der Waals surface area contributed by atoms with Gasteiger partial charge < -0.3 is 4.43 Å². The third kappa shape index (κ3) is 5.72. The lowest BCUT2D eigenvalue weighted by molar-refractivity contribution is 0.0863. The van der Waals surface area contributed by atoms with Gasteiger partial charge in [0.25, 0.3) is 0 Å². The zero-order chi connectivity index (χ0) is 20.9. The van der Waals surface area contributed by atoms with Gasteiger partial charge >= 0.3 is 0 Å². The van der Waals surface area contributed by atoms with Crippen molar-refractivity contribution in [1.82, 2.24) is 4.98 Å². The maximum Gasteiger partial charge on any atom is 0.171 e. The van der Waals surface area contributed by atoms with Gasteiger partial charge in [0, 0.05) is 17.3 Å². The van der Waals surface area contributed by atoms with E-state index in [2.05, 4.69) is 69.2 Å². The van der Waals surface area contributed by atoms with Crippen LogP contribution in [0.2, 0.25) is 13.1 Å². The molecule has 1 atom stereocenters. The molecule has 0 aliphatic rings. The second-order valence-corrected chi connectivity index (χ2v) is 10.9. The Labute approximate surface area is 176 Å². The molecule has 0 radical (unpaired) electrons. The average Bonchev–Trinajstić information content (AvgIpc) is 2.71. The Balaban J connectivity index is 1.97. The highest BCUT2D eigenvalue weighted by Crippen LogP contribution is 2.36. The van der Waals surface area contributed by atoms with Gasteiger partial charge in [0.2, 0.25) is 0 Å². The van der Waals surface area contributed by atoms with Crippen molar-refractivity contribution in [3.05, 3.63) is 95.7 Å². The molecule has 4 heteroatoms. The van der Waals surface area contributed by atoms with E-state index in [0.717, 1.165) is 22.4 Å². The van der Waals surface area contributed by atoms with Crippen LogP contribution in [0, 0.1) is 5.41 Å². The first-order valence-corrected chi connectivity index (χ1v) is 12.9. The molecule has 29 heavy (non-hydrogen) atoms. The van der Waals surface area contributed by atoms with E-state index in [0.29, 0.717) is 5.82 Å². The second kappa shape index (κ2) is 9.29. The highest BCUT2D eigenvalue weighted by molar-refractivity contribution is 6.48. The van der Waals surface area contributed by atoms with E-state index in [4.69, 9.17) is 9.42 Å². The Kier molecular flexibility index (Phi) is 6.78. The summed E-state index contributed by atoms with van der Waals surface area (Å²) in [6.45, 7) is 11.0. The molecule has 3 aromatic rings. The van der Waals surface area contributed by atoms with Crippen LogP contribution in [0.15, 0.2) is 84.0 Å². The molecule has 0 aliphatic carbocycles. The first-order chi connectivity index (χ1) is 13.8. The topological polar surface area (TPSA) is 34.5 Å². The molecular weight excluding hydrogens is 372 g/mol. The van der Waals surface area contributed by atoms with Crippen molar-refractivity contribution in [2.75, 3.05) is 0 Å². The van der Waals surface area contributed by atoms with Crippen LogP contribution in [0.1, 0.15) is 43.6 Å². The molecular formula is C25H30N2OSi. The lowest BCUT2D eigenvalue weighted by Gasteiger charge is -2.32. The van der Waals surface area contributed by atoms with Gasteiger partial charge in [-0.15, -0.1) is 0 Å². The summed E-state index contributed by atoms with van der Waals surface area (Å²) in [4.78, 5) is 9.56. The summed E-state index contributed by atoms with van der Waals surface area (Å²) >= 11 is 0. The second-order valence-electron chi connectivity index (χ2n) is 8.57. The summed E-state index contributed by atoms with van der Waals surface area (Å²) in [7, 11) is -1.17. The maximum absolute atomic E-state index is 6.32. The van der Waals surface area contributed by atoms with Crippen LogP contribution in [0.25, 0.3) is 0 Å². The molecule has 2 aromatic carbocycles. The molecule has 0 saturated carbocycles. The minimum Gasteiger partial charge on any atom is -0.413 e. The Morgan fingerprint density at radius 1 is 0.862 bits per heavy atom. The van der Waals surface area contributed by atoms with Gasteiger partial charge in [-0.1, -0.05) is 87.5 Å². The van der Waals surface area contributed by atoms with Crippen molar-refractivity contribution < 1.29 is 4.43 Å². The highest BCUT2D eigenvalue weighted by Gasteiger charge is 2.28. The predicted molar refractivity (Wildman–Crippen MR) is 125 cm³/mol. The normalized spacial score (nSPS) is 12.6. The molecule has 1 aromatic heterocycles. The third-order valence-electron chi connectivity index (χ3n) is 4.59. The lowest BCUT2D eigenvalue weighted by Crippen LogP contribution is -2.25. The molecule has 0 saturated heterocycles. The summed E-state index contributed by atoms with van der Waals surface area (Å²) in [6.07, 6.45) is 1.96. The Morgan fingerprint density at radius 2 is 1.41 bits per heavy atom. The number of hydrogen-bond donors (Lipinski definition) is 0. The number of aliphatic imine (C=N–C) groups is 1. The van der Waals surface area contributed by atoms with Crippen LogP contribution >= 0.6 is 0 Å². The first-order valence-electron chi connectivity index (χ1n) is 10.2. The van der Waals surface area contributed by atoms with E-state index in [1.807, 2.05) is 48.7 Å². The Morgan fingerprint density at radius 3 is 1.83 bits per heavy atom. The summed E-state index contributed by atoms with van der Waals surface area (Å²) in [5.74, 6) is 0.700. The van der Waals surface area contributed by atoms with E-state index in [9.17, 15) is 0 Å². The first kappa shape index (κ1) is 21.2. The van der Waals surface area contributed by atoms with E-state index in [1.54, 1.807) is 0 Å². The van der Waals surface area contributed by atoms with E-state index >= 15 is 0 Å². The maximum atomic E-state index is 6.32. The van der Waals surface area contributed by atoms with Gasteiger partial charge in [0.1, 0.15) is 0 Å². The van der Waals surface area contributed by atoms with Gasteiger partial charge in [-0.2, -0.15) is 0 Å². The van der Waals surface area contributed by atoms with Crippen LogP contribution in [-0.4, -0.2) is 19.7 Å². The molecule has 3 rings (SSSR count). The minimum absolute atomic E-state index is 0.0168. The van der Waals surface area contributed by atoms with Crippen LogP contribution in [0.5, 0.6) is 0 Å². The standard InChI is InChI=1S/C25H30N2OSi/c1-25(2,3)24(28-29(4)5)21-16-17-22(26-18-21)27-23(19-12-8-6-9-13-19)20-14-10-7-11-15-20/h6-18,24,29H,1-5H3. The smallest absolute Gasteiger partial charge is 0.171 e. The highest BCUT2D eigenvalue weighted by atomic mass is 28.3. The Hall–Kier alpha value is -2.56. The van der Waals surface area contributed by atoms with Gasteiger partial charge in [-0.25, -0.2) is 9.98 Å². The van der Waals surface area contributed by atoms with Gasteiger partial charge in [0.05, 0.1) is 11.8 Å². The van der Waals surface area contributed by atoms with E-state index in [1.165, 1.54) is 0 Å². The fraction of sp³-hybridized carbons (Fsp3) is 0.280. The number of nitrogens with zero attached hydrogens (tertiary/aromatic N) is 2. The summed E-state index contributed by atoms with van der Waals surface area (Å²) < 4.78 is 6.32. The number of rotatable bonds is 6. The molecule has 1 unspecified atom stereocenters. The third-order valence-corrected chi connectivity index (χ3v) is 5.41. The van der Waals surface area contributed by atoms with Crippen molar-refractivity contribution in [3.8, 4) is 0 Å². The minimum atomic E-state index is -1.17. The van der Waals surface area contributed by atoms with Crippen molar-refractivity contribution in [2.24, 2.45) is 10.4 Å². The molecule has 0 spiro atoms. The SMILES string of the molecule is C[SiH](C)OC(c1ccc(N=C(c2ccccc2)c2ccccc2)nc1)C(C)(C)C. The van der Waals surface area contributed by atoms with Gasteiger partial charge in [-0.05, 0) is 30.1 Å². The summed E-state index contributed by atoms with van der Waals surface area (Å²) in [6, 6.07) is 24.6. The average molecular weight is 403 g/mol. The molecule has 150 valence electrons. The number of benzene rings is 2. The van der Waals surface area contributed by atoms with Gasteiger partial charge in [-0.3, -0.25) is 0 Å². The van der Waals surface area contributed by atoms with Crippen molar-refractivity contribution in [2.45, 2.75) is 40.0 Å². The number of aromatic nitrogens is 1. The molecule has 0 bridgehead atoms. The van der Waals surface area contributed by atoms with E-state index in [-0.39, 0.29) is 11.5 Å². The van der Waals surface area contributed by atoms with Crippen LogP contribution in [0.3, 0.4) is 0 Å². The van der Waals surface area contributed by atoms with Crippen LogP contribution in [0.4, 0.5) is 5.82 Å². The van der Waals surface area contributed by atoms with E-state index < -0.39 is 9.04 Å². The summed E-state index contributed by atoms with van der Waals surface area (Å²) in [5.41, 5.74) is 4.20. The molecule has 0 fully saturated rings. The molecule has 0 aliphatic heterocycles. The fourth-order valence-electron chi connectivity index (χ4n) is 3.28. The Bertz CT molecular complexity index is 889. The molecule has 0 N–H and O–H groups in total. The number of hydrogen-bond acceptors (Lipinski definition) is 3. The van der Waals surface area contributed by atoms with Crippen molar-refractivity contribution >= 4 is 20.6 Å². The quantitative estimate of drug-likeness (QED) is 0.356. The van der Waals surface area contributed by atoms with Crippen molar-refractivity contribution in [1.29, 1.82) is 0 Å². The fourth-order valence-corrected chi connectivity index (χ4v) is 4.39. The monoisotopic (exact) mass is 402 g/mol. The molecule has 0 amide bonds.